The number of nitrogens with zero attached hydrogens (tertiary/aromatic N) is 3. The van der Waals surface area contributed by atoms with Gasteiger partial charge in [0.25, 0.3) is 5.91 Å². The van der Waals surface area contributed by atoms with E-state index in [1.54, 1.807) is 0 Å². The van der Waals surface area contributed by atoms with Crippen LogP contribution < -0.4 is 17.2 Å². The van der Waals surface area contributed by atoms with Gasteiger partial charge in [-0.15, -0.1) is 0 Å². The van der Waals surface area contributed by atoms with Gasteiger partial charge in [0.15, 0.2) is 5.96 Å². The first-order chi connectivity index (χ1) is 16.6. The van der Waals surface area contributed by atoms with Crippen LogP contribution in [0.25, 0.3) is 0 Å². The van der Waals surface area contributed by atoms with Crippen molar-refractivity contribution in [3.05, 3.63) is 0 Å². The van der Waals surface area contributed by atoms with Crippen molar-refractivity contribution in [2.45, 2.75) is 89.8 Å². The Morgan fingerprint density at radius 3 is 2.29 bits per heavy atom. The number of imide groups is 1. The van der Waals surface area contributed by atoms with Gasteiger partial charge in [0, 0.05) is 19.0 Å². The maximum Gasteiger partial charge on any atom is 0.305 e. The first kappa shape index (κ1) is 30.0. The Balaban J connectivity index is 3.26. The molecule has 1 rings (SSSR count). The van der Waals surface area contributed by atoms with Gasteiger partial charge in [-0.3, -0.25) is 29.1 Å². The molecule has 0 aromatic carbocycles. The molecule has 1 aliphatic heterocycles. The summed E-state index contributed by atoms with van der Waals surface area (Å²) >= 11 is 0. The van der Waals surface area contributed by atoms with Crippen LogP contribution in [0.2, 0.25) is 0 Å². The van der Waals surface area contributed by atoms with Crippen LogP contribution in [-0.2, 0) is 24.0 Å². The monoisotopic (exact) mass is 496 g/mol. The van der Waals surface area contributed by atoms with Gasteiger partial charge >= 0.3 is 5.97 Å². The maximum atomic E-state index is 13.7. The number of aliphatic carboxylic acids is 1. The second kappa shape index (κ2) is 15.1. The molecule has 12 nitrogen and oxygen atoms in total. The van der Waals surface area contributed by atoms with E-state index in [9.17, 15) is 24.0 Å². The number of guanidine groups is 1. The third-order valence-electron chi connectivity index (χ3n) is 6.07. The molecule has 0 aliphatic carbocycles. The molecular weight excluding hydrogens is 456 g/mol. The highest BCUT2D eigenvalue weighted by atomic mass is 16.4. The predicted molar refractivity (Wildman–Crippen MR) is 130 cm³/mol. The van der Waals surface area contributed by atoms with E-state index in [1.165, 1.54) is 4.90 Å². The van der Waals surface area contributed by atoms with Crippen LogP contribution in [0.3, 0.4) is 0 Å². The van der Waals surface area contributed by atoms with Gasteiger partial charge in [-0.25, -0.2) is 0 Å². The van der Waals surface area contributed by atoms with Crippen LogP contribution in [0, 0.1) is 5.92 Å². The third-order valence-corrected chi connectivity index (χ3v) is 6.07. The summed E-state index contributed by atoms with van der Waals surface area (Å²) in [5, 5.41) is 8.98. The lowest BCUT2D eigenvalue weighted by Gasteiger charge is -2.35. The summed E-state index contributed by atoms with van der Waals surface area (Å²) in [7, 11) is 0. The zero-order chi connectivity index (χ0) is 26.5. The minimum Gasteiger partial charge on any atom is -0.481 e. The van der Waals surface area contributed by atoms with E-state index < -0.39 is 54.2 Å². The number of carboxylic acids is 1. The average molecular weight is 497 g/mol. The third kappa shape index (κ3) is 8.93. The van der Waals surface area contributed by atoms with Gasteiger partial charge < -0.3 is 32.0 Å². The summed E-state index contributed by atoms with van der Waals surface area (Å²) in [6.07, 6.45) is 3.89. The minimum absolute atomic E-state index is 0.0968. The molecule has 0 bridgehead atoms. The molecule has 7 N–H and O–H groups in total. The van der Waals surface area contributed by atoms with E-state index in [0.717, 1.165) is 17.7 Å². The van der Waals surface area contributed by atoms with Crippen LogP contribution >= 0.6 is 0 Å². The number of aliphatic imine (C=N–C) groups is 1. The standard InChI is InChI=1S/C23H40N6O6/c1-3-7-15(8-4-2)20(33)29(16(14-30)9-5-11-27-23(25)26)22(35)18-10-6-12-28(18)21(34)17(24)13-19(31)32/h14-18H,3-13,24H2,1-2H3,(H,31,32)(H4,25,26,27)/t16-,17-,18-/m0/s1. The van der Waals surface area contributed by atoms with Crippen LogP contribution in [0.5, 0.6) is 0 Å². The SMILES string of the molecule is CCCC(CCC)C(=O)N(C(=O)[C@@H]1CCCN1C(=O)[C@@H](N)CC(=O)O)[C@H](C=O)CCCN=C(N)N. The molecule has 1 fully saturated rings. The fraction of sp³-hybridized carbons (Fsp3) is 0.739. The maximum absolute atomic E-state index is 13.7. The molecule has 1 heterocycles. The molecule has 0 aromatic rings. The molecule has 0 spiro atoms. The zero-order valence-electron chi connectivity index (χ0n) is 20.7. The van der Waals surface area contributed by atoms with Crippen LogP contribution in [0.1, 0.15) is 71.6 Å². The van der Waals surface area contributed by atoms with E-state index in [4.69, 9.17) is 22.3 Å². The lowest BCUT2D eigenvalue weighted by Crippen LogP contribution is -2.57. The van der Waals surface area contributed by atoms with E-state index in [-0.39, 0.29) is 25.5 Å². The Hall–Kier alpha value is -3.02. The highest BCUT2D eigenvalue weighted by Crippen LogP contribution is 2.26. The van der Waals surface area contributed by atoms with Crippen molar-refractivity contribution in [3.63, 3.8) is 0 Å². The number of likely N-dealkylation sites (tertiary alicyclic amines) is 1. The molecule has 1 aliphatic rings. The van der Waals surface area contributed by atoms with Gasteiger partial charge in [-0.1, -0.05) is 26.7 Å². The lowest BCUT2D eigenvalue weighted by molar-refractivity contribution is -0.157. The molecule has 0 radical (unpaired) electrons. The number of nitrogens with two attached hydrogens (primary N) is 3. The van der Waals surface area contributed by atoms with Gasteiger partial charge in [0.05, 0.1) is 18.5 Å². The summed E-state index contributed by atoms with van der Waals surface area (Å²) in [4.78, 5) is 69.4. The van der Waals surface area contributed by atoms with Crippen molar-refractivity contribution in [1.82, 2.24) is 9.80 Å². The number of carbonyl (C=O) groups is 5. The second-order valence-electron chi connectivity index (χ2n) is 8.87. The van der Waals surface area contributed by atoms with Crippen molar-refractivity contribution in [2.75, 3.05) is 13.1 Å². The van der Waals surface area contributed by atoms with E-state index in [1.807, 2.05) is 13.8 Å². The largest absolute Gasteiger partial charge is 0.481 e. The van der Waals surface area contributed by atoms with Crippen molar-refractivity contribution in [1.29, 1.82) is 0 Å². The fourth-order valence-electron chi connectivity index (χ4n) is 4.42. The molecule has 3 atom stereocenters. The van der Waals surface area contributed by atoms with Crippen molar-refractivity contribution < 1.29 is 29.1 Å². The number of rotatable bonds is 15. The molecule has 35 heavy (non-hydrogen) atoms. The number of aldehydes is 1. The van der Waals surface area contributed by atoms with E-state index >= 15 is 0 Å². The zero-order valence-corrected chi connectivity index (χ0v) is 20.7. The number of amides is 3. The topological polar surface area (TPSA) is 202 Å². The molecule has 0 aromatic heterocycles. The van der Waals surface area contributed by atoms with Crippen LogP contribution in [0.4, 0.5) is 0 Å². The molecule has 0 saturated carbocycles. The number of hydrogen-bond donors (Lipinski definition) is 4. The highest BCUT2D eigenvalue weighted by Gasteiger charge is 2.43. The Morgan fingerprint density at radius 1 is 1.14 bits per heavy atom. The summed E-state index contributed by atoms with van der Waals surface area (Å²) in [5.41, 5.74) is 16.4. The van der Waals surface area contributed by atoms with Gasteiger partial charge in [0.1, 0.15) is 12.3 Å². The molecule has 12 heteroatoms. The molecule has 198 valence electrons. The van der Waals surface area contributed by atoms with Gasteiger partial charge in [-0.05, 0) is 38.5 Å². The van der Waals surface area contributed by atoms with E-state index in [0.29, 0.717) is 38.4 Å². The first-order valence-corrected chi connectivity index (χ1v) is 12.2. The number of hydrogen-bond acceptors (Lipinski definition) is 7. The van der Waals surface area contributed by atoms with Crippen LogP contribution in [-0.4, -0.2) is 82.1 Å². The Kier molecular flexibility index (Phi) is 12.9. The van der Waals surface area contributed by atoms with Crippen molar-refractivity contribution in [2.24, 2.45) is 28.1 Å². The van der Waals surface area contributed by atoms with Gasteiger partial charge in [0.2, 0.25) is 11.8 Å². The lowest BCUT2D eigenvalue weighted by atomic mass is 9.94. The first-order valence-electron chi connectivity index (χ1n) is 12.2. The molecule has 3 amide bonds. The van der Waals surface area contributed by atoms with Crippen LogP contribution in [0.15, 0.2) is 4.99 Å². The Bertz CT molecular complexity index is 778. The van der Waals surface area contributed by atoms with E-state index in [2.05, 4.69) is 4.99 Å². The van der Waals surface area contributed by atoms with Crippen molar-refractivity contribution >= 4 is 35.9 Å². The Morgan fingerprint density at radius 2 is 1.77 bits per heavy atom. The highest BCUT2D eigenvalue weighted by molar-refractivity contribution is 6.02. The van der Waals surface area contributed by atoms with Crippen molar-refractivity contribution in [3.8, 4) is 0 Å². The fourth-order valence-corrected chi connectivity index (χ4v) is 4.42. The normalized spacial score (nSPS) is 17.0. The summed E-state index contributed by atoms with van der Waals surface area (Å²) in [5.74, 6) is -3.50. The molecule has 1 saturated heterocycles. The summed E-state index contributed by atoms with van der Waals surface area (Å²) in [6, 6.07) is -3.33. The number of carboxylic acid groups (broad SMARTS) is 1. The summed E-state index contributed by atoms with van der Waals surface area (Å²) < 4.78 is 0. The Labute approximate surface area is 206 Å². The molecular formula is C23H40N6O6. The van der Waals surface area contributed by atoms with Gasteiger partial charge in [-0.2, -0.15) is 0 Å². The minimum atomic E-state index is -1.31. The predicted octanol–water partition coefficient (Wildman–Crippen LogP) is -0.0279. The number of carbonyl (C=O) groups excluding carboxylic acids is 4. The molecule has 0 unspecified atom stereocenters. The second-order valence-corrected chi connectivity index (χ2v) is 8.87. The average Bonchev–Trinajstić information content (AvgIpc) is 3.29. The smallest absolute Gasteiger partial charge is 0.305 e. The summed E-state index contributed by atoms with van der Waals surface area (Å²) in [6.45, 7) is 4.33. The quantitative estimate of drug-likeness (QED) is 0.104.